The number of nitrogens with zero attached hydrogens (tertiary/aromatic N) is 3. The lowest BCUT2D eigenvalue weighted by molar-refractivity contribution is 0.265. The Kier molecular flexibility index (Phi) is 5.65. The molecule has 0 unspecified atom stereocenters. The van der Waals surface area contributed by atoms with Gasteiger partial charge in [-0.05, 0) is 61.4 Å². The molecule has 0 atom stereocenters. The molecule has 134 valence electrons. The largest absolute Gasteiger partial charge is 0.325 e. The number of nitrogens with one attached hydrogen (secondary N) is 1. The van der Waals surface area contributed by atoms with E-state index in [1.54, 1.807) is 10.5 Å². The van der Waals surface area contributed by atoms with Crippen molar-refractivity contribution in [3.05, 3.63) is 48.3 Å². The van der Waals surface area contributed by atoms with Gasteiger partial charge in [0.25, 0.3) is 0 Å². The Bertz CT molecular complexity index is 788. The molecule has 7 heteroatoms. The van der Waals surface area contributed by atoms with Gasteiger partial charge in [-0.2, -0.15) is 0 Å². The highest BCUT2D eigenvalue weighted by molar-refractivity contribution is 7.88. The molecule has 0 amide bonds. The van der Waals surface area contributed by atoms with Crippen molar-refractivity contribution < 1.29 is 8.42 Å². The first-order valence-corrected chi connectivity index (χ1v) is 10.4. The molecule has 3 rings (SSSR count). The average Bonchev–Trinajstić information content (AvgIpc) is 2.61. The minimum atomic E-state index is -3.04. The fourth-order valence-electron chi connectivity index (χ4n) is 3.17. The van der Waals surface area contributed by atoms with Gasteiger partial charge in [-0.15, -0.1) is 0 Å². The number of hydrogen-bond acceptors (Lipinski definition) is 5. The van der Waals surface area contributed by atoms with E-state index in [0.29, 0.717) is 19.0 Å². The standard InChI is InChI=1S/C18H24N4O2S/c1-25(23,24)22-12-8-15(9-13-22)5-6-16-7-11-20-18(14-16)21-17-4-2-3-10-19-17/h2-4,7,10-11,14-15H,5-6,8-9,12-13H2,1H3,(H,19,20,21). The second kappa shape index (κ2) is 7.93. The zero-order chi connectivity index (χ0) is 17.7. The summed E-state index contributed by atoms with van der Waals surface area (Å²) in [5.74, 6) is 2.15. The Balaban J connectivity index is 1.52. The van der Waals surface area contributed by atoms with Crippen LogP contribution in [-0.2, 0) is 16.4 Å². The van der Waals surface area contributed by atoms with Crippen LogP contribution < -0.4 is 5.32 Å². The predicted molar refractivity (Wildman–Crippen MR) is 99.2 cm³/mol. The van der Waals surface area contributed by atoms with Crippen LogP contribution in [0.1, 0.15) is 24.8 Å². The van der Waals surface area contributed by atoms with Crippen LogP contribution in [0.4, 0.5) is 11.6 Å². The zero-order valence-electron chi connectivity index (χ0n) is 14.4. The van der Waals surface area contributed by atoms with Gasteiger partial charge in [0, 0.05) is 25.5 Å². The number of hydrogen-bond donors (Lipinski definition) is 1. The summed E-state index contributed by atoms with van der Waals surface area (Å²) in [7, 11) is -3.04. The van der Waals surface area contributed by atoms with E-state index >= 15 is 0 Å². The first-order valence-electron chi connectivity index (χ1n) is 8.59. The highest BCUT2D eigenvalue weighted by atomic mass is 32.2. The maximum absolute atomic E-state index is 11.6. The van der Waals surface area contributed by atoms with Crippen molar-refractivity contribution in [2.75, 3.05) is 24.7 Å². The van der Waals surface area contributed by atoms with Gasteiger partial charge in [-0.1, -0.05) is 6.07 Å². The zero-order valence-corrected chi connectivity index (χ0v) is 15.2. The maximum Gasteiger partial charge on any atom is 0.211 e. The van der Waals surface area contributed by atoms with Crippen molar-refractivity contribution in [3.8, 4) is 0 Å². The fourth-order valence-corrected chi connectivity index (χ4v) is 4.04. The van der Waals surface area contributed by atoms with Crippen molar-refractivity contribution in [1.29, 1.82) is 0 Å². The summed E-state index contributed by atoms with van der Waals surface area (Å²) in [6.07, 6.45) is 8.78. The van der Waals surface area contributed by atoms with E-state index in [1.165, 1.54) is 11.8 Å². The van der Waals surface area contributed by atoms with Crippen LogP contribution in [0.2, 0.25) is 0 Å². The normalized spacial score (nSPS) is 16.7. The second-order valence-corrected chi connectivity index (χ2v) is 8.52. The van der Waals surface area contributed by atoms with Crippen LogP contribution in [0.25, 0.3) is 0 Å². The summed E-state index contributed by atoms with van der Waals surface area (Å²) in [5, 5.41) is 3.21. The molecule has 1 N–H and O–H groups in total. The summed E-state index contributed by atoms with van der Waals surface area (Å²) in [6, 6.07) is 9.81. The van der Waals surface area contributed by atoms with Gasteiger partial charge < -0.3 is 5.32 Å². The van der Waals surface area contributed by atoms with E-state index in [9.17, 15) is 8.42 Å². The molecule has 25 heavy (non-hydrogen) atoms. The summed E-state index contributed by atoms with van der Waals surface area (Å²) in [6.45, 7) is 1.29. The molecule has 0 radical (unpaired) electrons. The van der Waals surface area contributed by atoms with Crippen molar-refractivity contribution in [2.45, 2.75) is 25.7 Å². The van der Waals surface area contributed by atoms with Crippen LogP contribution in [0, 0.1) is 5.92 Å². The third-order valence-electron chi connectivity index (χ3n) is 4.63. The highest BCUT2D eigenvalue weighted by Crippen LogP contribution is 2.24. The number of sulfonamides is 1. The average molecular weight is 360 g/mol. The van der Waals surface area contributed by atoms with Gasteiger partial charge in [-0.3, -0.25) is 0 Å². The molecule has 0 aromatic carbocycles. The van der Waals surface area contributed by atoms with E-state index in [1.807, 2.05) is 30.5 Å². The molecular formula is C18H24N4O2S. The quantitative estimate of drug-likeness (QED) is 0.857. The number of piperidine rings is 1. The lowest BCUT2D eigenvalue weighted by atomic mass is 9.91. The minimum absolute atomic E-state index is 0.582. The maximum atomic E-state index is 11.6. The first-order chi connectivity index (χ1) is 12.0. The van der Waals surface area contributed by atoms with Gasteiger partial charge in [0.05, 0.1) is 6.26 Å². The lowest BCUT2D eigenvalue weighted by Crippen LogP contribution is -2.37. The Morgan fingerprint density at radius 1 is 1.12 bits per heavy atom. The van der Waals surface area contributed by atoms with Crippen molar-refractivity contribution in [3.63, 3.8) is 0 Å². The lowest BCUT2D eigenvalue weighted by Gasteiger charge is -2.30. The molecule has 3 heterocycles. The minimum Gasteiger partial charge on any atom is -0.325 e. The highest BCUT2D eigenvalue weighted by Gasteiger charge is 2.24. The third-order valence-corrected chi connectivity index (χ3v) is 5.93. The number of anilines is 2. The number of pyridine rings is 2. The SMILES string of the molecule is CS(=O)(=O)N1CCC(CCc2ccnc(Nc3ccccn3)c2)CC1. The fraction of sp³-hybridized carbons (Fsp3) is 0.444. The van der Waals surface area contributed by atoms with Crippen LogP contribution in [0.15, 0.2) is 42.7 Å². The van der Waals surface area contributed by atoms with Crippen LogP contribution in [0.3, 0.4) is 0 Å². The summed E-state index contributed by atoms with van der Waals surface area (Å²) in [4.78, 5) is 8.59. The molecule has 0 saturated carbocycles. The molecule has 1 saturated heterocycles. The number of aryl methyl sites for hydroxylation is 1. The van der Waals surface area contributed by atoms with Gasteiger partial charge in [-0.25, -0.2) is 22.7 Å². The van der Waals surface area contributed by atoms with Crippen molar-refractivity contribution in [2.24, 2.45) is 5.92 Å². The second-order valence-electron chi connectivity index (χ2n) is 6.53. The monoisotopic (exact) mass is 360 g/mol. The van der Waals surface area contributed by atoms with E-state index in [0.717, 1.165) is 37.3 Å². The van der Waals surface area contributed by atoms with Gasteiger partial charge in [0.15, 0.2) is 0 Å². The summed E-state index contributed by atoms with van der Waals surface area (Å²) >= 11 is 0. The first kappa shape index (κ1) is 17.8. The van der Waals surface area contributed by atoms with E-state index in [4.69, 9.17) is 0 Å². The molecule has 0 bridgehead atoms. The van der Waals surface area contributed by atoms with Crippen LogP contribution in [-0.4, -0.2) is 42.0 Å². The molecule has 1 aliphatic rings. The molecule has 6 nitrogen and oxygen atoms in total. The van der Waals surface area contributed by atoms with Crippen molar-refractivity contribution in [1.82, 2.24) is 14.3 Å². The Labute approximate surface area is 149 Å². The van der Waals surface area contributed by atoms with Gasteiger partial charge >= 0.3 is 0 Å². The number of aromatic nitrogens is 2. The van der Waals surface area contributed by atoms with E-state index < -0.39 is 10.0 Å². The Hall–Kier alpha value is -1.99. The summed E-state index contributed by atoms with van der Waals surface area (Å²) < 4.78 is 24.7. The molecule has 1 aliphatic heterocycles. The summed E-state index contributed by atoms with van der Waals surface area (Å²) in [5.41, 5.74) is 1.24. The molecule has 2 aromatic heterocycles. The van der Waals surface area contributed by atoms with Crippen LogP contribution >= 0.6 is 0 Å². The smallest absolute Gasteiger partial charge is 0.211 e. The van der Waals surface area contributed by atoms with E-state index in [-0.39, 0.29) is 0 Å². The molecule has 2 aromatic rings. The van der Waals surface area contributed by atoms with E-state index in [2.05, 4.69) is 21.4 Å². The third kappa shape index (κ3) is 5.24. The molecule has 0 aliphatic carbocycles. The number of rotatable bonds is 6. The predicted octanol–water partition coefficient (Wildman–Crippen LogP) is 2.82. The molecule has 0 spiro atoms. The Morgan fingerprint density at radius 3 is 2.56 bits per heavy atom. The van der Waals surface area contributed by atoms with Gasteiger partial charge in [0.2, 0.25) is 10.0 Å². The topological polar surface area (TPSA) is 75.2 Å². The van der Waals surface area contributed by atoms with Gasteiger partial charge in [0.1, 0.15) is 11.6 Å². The van der Waals surface area contributed by atoms with Crippen molar-refractivity contribution >= 4 is 21.7 Å². The van der Waals surface area contributed by atoms with Crippen LogP contribution in [0.5, 0.6) is 0 Å². The Morgan fingerprint density at radius 2 is 1.88 bits per heavy atom. The molecular weight excluding hydrogens is 336 g/mol. The molecule has 1 fully saturated rings.